The first-order valence-corrected chi connectivity index (χ1v) is 9.45. The number of nitrogens with one attached hydrogen (secondary N) is 1. The molecule has 2 N–H and O–H groups in total. The average molecular weight is 393 g/mol. The zero-order chi connectivity index (χ0) is 19.3. The van der Waals surface area contributed by atoms with Gasteiger partial charge in [-0.2, -0.15) is 0 Å². The number of halogens is 1. The predicted octanol–water partition coefficient (Wildman–Crippen LogP) is 4.07. The van der Waals surface area contributed by atoms with E-state index >= 15 is 0 Å². The van der Waals surface area contributed by atoms with Crippen LogP contribution >= 0.6 is 11.6 Å². The summed E-state index contributed by atoms with van der Waals surface area (Å²) in [6.07, 6.45) is 3.30. The van der Waals surface area contributed by atoms with Crippen LogP contribution in [-0.4, -0.2) is 33.3 Å². The summed E-state index contributed by atoms with van der Waals surface area (Å²) in [4.78, 5) is 23.4. The van der Waals surface area contributed by atoms with Gasteiger partial charge in [-0.3, -0.25) is 9.88 Å². The first-order chi connectivity index (χ1) is 13.6. The predicted molar refractivity (Wildman–Crippen MR) is 108 cm³/mol. The standard InChI is InChI=1S/C21H17ClN4O2/c22-13-4-1-3-12(9-13)17-7-6-15-16-10-18(27)19(16)26(20(15)25-17)21(28)24-14-5-2-8-23-11-14/h1-9,11,16,18-19,27H,10H2,(H,24,28)/t16?,18-,19?/m1/s1. The van der Waals surface area contributed by atoms with Crippen LogP contribution in [0.1, 0.15) is 17.9 Å². The highest BCUT2D eigenvalue weighted by molar-refractivity contribution is 6.30. The normalized spacial score (nSPS) is 22.2. The monoisotopic (exact) mass is 392 g/mol. The maximum atomic E-state index is 13.0. The smallest absolute Gasteiger partial charge is 0.327 e. The van der Waals surface area contributed by atoms with Crippen LogP contribution in [0.4, 0.5) is 16.3 Å². The van der Waals surface area contributed by atoms with E-state index < -0.39 is 6.10 Å². The highest BCUT2D eigenvalue weighted by Crippen LogP contribution is 2.51. The summed E-state index contributed by atoms with van der Waals surface area (Å²) in [5.74, 6) is 0.691. The summed E-state index contributed by atoms with van der Waals surface area (Å²) in [6.45, 7) is 0. The van der Waals surface area contributed by atoms with Crippen molar-refractivity contribution in [1.29, 1.82) is 0 Å². The molecule has 3 atom stereocenters. The fourth-order valence-electron chi connectivity index (χ4n) is 4.02. The van der Waals surface area contributed by atoms with Crippen LogP contribution in [0.15, 0.2) is 60.9 Å². The van der Waals surface area contributed by atoms with Gasteiger partial charge in [0.2, 0.25) is 0 Å². The van der Waals surface area contributed by atoms with E-state index in [2.05, 4.69) is 10.3 Å². The van der Waals surface area contributed by atoms with Crippen molar-refractivity contribution in [2.45, 2.75) is 24.5 Å². The van der Waals surface area contributed by atoms with E-state index in [9.17, 15) is 9.90 Å². The molecule has 2 unspecified atom stereocenters. The number of aliphatic hydroxyl groups is 1. The van der Waals surface area contributed by atoms with Gasteiger partial charge in [0.1, 0.15) is 5.82 Å². The van der Waals surface area contributed by atoms with Gasteiger partial charge in [-0.25, -0.2) is 9.78 Å². The molecule has 7 heteroatoms. The molecule has 6 nitrogen and oxygen atoms in total. The fraction of sp³-hybridized carbons (Fsp3) is 0.190. The van der Waals surface area contributed by atoms with Crippen LogP contribution in [0, 0.1) is 0 Å². The number of hydrogen-bond acceptors (Lipinski definition) is 4. The van der Waals surface area contributed by atoms with Crippen molar-refractivity contribution in [2.24, 2.45) is 0 Å². The third kappa shape index (κ3) is 2.73. The molecule has 3 aromatic rings. The number of rotatable bonds is 2. The number of hydrogen-bond donors (Lipinski definition) is 2. The number of benzene rings is 1. The summed E-state index contributed by atoms with van der Waals surface area (Å²) in [6, 6.07) is 14.3. The van der Waals surface area contributed by atoms with Crippen molar-refractivity contribution in [1.82, 2.24) is 9.97 Å². The number of pyridine rings is 2. The van der Waals surface area contributed by atoms with E-state index in [1.54, 1.807) is 29.4 Å². The minimum atomic E-state index is -0.562. The van der Waals surface area contributed by atoms with E-state index in [0.717, 1.165) is 16.8 Å². The van der Waals surface area contributed by atoms with Crippen molar-refractivity contribution >= 4 is 29.1 Å². The SMILES string of the molecule is O=C(Nc1cccnc1)N1c2nc(-c3cccc(Cl)c3)ccc2C2C[C@@H](O)C21. The van der Waals surface area contributed by atoms with Crippen LogP contribution in [0.5, 0.6) is 0 Å². The minimum absolute atomic E-state index is 0.102. The Hall–Kier alpha value is -2.96. The van der Waals surface area contributed by atoms with Crippen LogP contribution in [0.3, 0.4) is 0 Å². The summed E-state index contributed by atoms with van der Waals surface area (Å²) in [5.41, 5.74) is 3.19. The molecule has 2 aromatic heterocycles. The van der Waals surface area contributed by atoms with E-state index in [1.807, 2.05) is 36.4 Å². The summed E-state index contributed by atoms with van der Waals surface area (Å²) >= 11 is 6.12. The molecule has 5 rings (SSSR count). The van der Waals surface area contributed by atoms with Crippen molar-refractivity contribution < 1.29 is 9.90 Å². The first-order valence-electron chi connectivity index (χ1n) is 9.07. The fourth-order valence-corrected chi connectivity index (χ4v) is 4.21. The summed E-state index contributed by atoms with van der Waals surface area (Å²) < 4.78 is 0. The Labute approximate surface area is 166 Å². The zero-order valence-corrected chi connectivity index (χ0v) is 15.5. The second-order valence-electron chi connectivity index (χ2n) is 7.06. The quantitative estimate of drug-likeness (QED) is 0.689. The molecule has 1 aromatic carbocycles. The van der Waals surface area contributed by atoms with Gasteiger partial charge in [0.15, 0.2) is 0 Å². The lowest BCUT2D eigenvalue weighted by molar-refractivity contribution is 0.0540. The molecular weight excluding hydrogens is 376 g/mol. The third-order valence-corrected chi connectivity index (χ3v) is 5.62. The molecule has 0 bridgehead atoms. The van der Waals surface area contributed by atoms with Crippen LogP contribution < -0.4 is 10.2 Å². The molecule has 2 amide bonds. The van der Waals surface area contributed by atoms with E-state index in [-0.39, 0.29) is 18.0 Å². The lowest BCUT2D eigenvalue weighted by atomic mass is 9.75. The Morgan fingerprint density at radius 2 is 2.11 bits per heavy atom. The van der Waals surface area contributed by atoms with Crippen molar-refractivity contribution in [3.8, 4) is 11.3 Å². The number of anilines is 2. The number of amides is 2. The topological polar surface area (TPSA) is 78.4 Å². The lowest BCUT2D eigenvalue weighted by Gasteiger charge is -2.40. The lowest BCUT2D eigenvalue weighted by Crippen LogP contribution is -2.55. The molecule has 140 valence electrons. The van der Waals surface area contributed by atoms with Gasteiger partial charge < -0.3 is 10.4 Å². The highest BCUT2D eigenvalue weighted by atomic mass is 35.5. The Morgan fingerprint density at radius 3 is 2.86 bits per heavy atom. The number of carbonyl (C=O) groups is 1. The Balaban J connectivity index is 1.53. The average Bonchev–Trinajstić information content (AvgIpc) is 2.97. The molecule has 2 aliphatic rings. The molecular formula is C21H17ClN4O2. The van der Waals surface area contributed by atoms with Crippen molar-refractivity contribution in [3.05, 3.63) is 71.5 Å². The molecule has 3 heterocycles. The largest absolute Gasteiger partial charge is 0.391 e. The van der Waals surface area contributed by atoms with Gasteiger partial charge in [-0.1, -0.05) is 29.8 Å². The number of urea groups is 1. The van der Waals surface area contributed by atoms with Gasteiger partial charge in [-0.05, 0) is 36.8 Å². The van der Waals surface area contributed by atoms with Crippen LogP contribution in [0.2, 0.25) is 5.02 Å². The first kappa shape index (κ1) is 17.2. The van der Waals surface area contributed by atoms with E-state index in [1.165, 1.54) is 0 Å². The second kappa shape index (κ2) is 6.58. The zero-order valence-electron chi connectivity index (χ0n) is 14.8. The molecule has 1 aliphatic carbocycles. The number of aromatic nitrogens is 2. The number of aliphatic hydroxyl groups excluding tert-OH is 1. The van der Waals surface area contributed by atoms with Gasteiger partial charge >= 0.3 is 6.03 Å². The molecule has 0 spiro atoms. The molecule has 0 radical (unpaired) electrons. The summed E-state index contributed by atoms with van der Waals surface area (Å²) in [7, 11) is 0. The summed E-state index contributed by atoms with van der Waals surface area (Å²) in [5, 5.41) is 13.8. The molecule has 1 saturated carbocycles. The molecule has 0 saturated heterocycles. The molecule has 28 heavy (non-hydrogen) atoms. The van der Waals surface area contributed by atoms with Crippen LogP contribution in [-0.2, 0) is 0 Å². The van der Waals surface area contributed by atoms with Gasteiger partial charge in [-0.15, -0.1) is 0 Å². The van der Waals surface area contributed by atoms with Gasteiger partial charge in [0.25, 0.3) is 0 Å². The third-order valence-electron chi connectivity index (χ3n) is 5.39. The number of nitrogens with zero attached hydrogens (tertiary/aromatic N) is 3. The highest BCUT2D eigenvalue weighted by Gasteiger charge is 2.54. The maximum absolute atomic E-state index is 13.0. The van der Waals surface area contributed by atoms with Crippen molar-refractivity contribution in [2.75, 3.05) is 10.2 Å². The van der Waals surface area contributed by atoms with Crippen molar-refractivity contribution in [3.63, 3.8) is 0 Å². The number of fused-ring (bicyclic) bond motifs is 3. The number of carbonyl (C=O) groups excluding carboxylic acids is 1. The Morgan fingerprint density at radius 1 is 1.21 bits per heavy atom. The van der Waals surface area contributed by atoms with E-state index in [0.29, 0.717) is 22.9 Å². The van der Waals surface area contributed by atoms with Gasteiger partial charge in [0, 0.05) is 28.3 Å². The van der Waals surface area contributed by atoms with E-state index in [4.69, 9.17) is 16.6 Å². The Bertz CT molecular complexity index is 1060. The Kier molecular flexibility index (Phi) is 4.03. The maximum Gasteiger partial charge on any atom is 0.327 e. The second-order valence-corrected chi connectivity index (χ2v) is 7.50. The van der Waals surface area contributed by atoms with Crippen LogP contribution in [0.25, 0.3) is 11.3 Å². The molecule has 1 fully saturated rings. The molecule has 1 aliphatic heterocycles. The van der Waals surface area contributed by atoms with Gasteiger partial charge in [0.05, 0.1) is 29.7 Å². The minimum Gasteiger partial charge on any atom is -0.391 e.